The fraction of sp³-hybridized carbons (Fsp3) is 0.662. The van der Waals surface area contributed by atoms with E-state index >= 15 is 0 Å². The minimum atomic E-state index is -4.99. The zero-order valence-corrected chi connectivity index (χ0v) is 61.3. The maximum Gasteiger partial charge on any atom is 0.472 e. The first-order chi connectivity index (χ1) is 46.7. The zero-order chi connectivity index (χ0) is 70.4. The quantitative estimate of drug-likeness (QED) is 0.0169. The van der Waals surface area contributed by atoms with E-state index in [2.05, 4.69) is 119 Å². The fourth-order valence-corrected chi connectivity index (χ4v) is 10.8. The molecular weight excluding hydrogens is 1260 g/mol. The van der Waals surface area contributed by atoms with Crippen LogP contribution in [0.1, 0.15) is 272 Å². The van der Waals surface area contributed by atoms with E-state index in [0.717, 1.165) is 109 Å². The predicted molar refractivity (Wildman–Crippen MR) is 390 cm³/mol. The Morgan fingerprint density at radius 3 is 0.906 bits per heavy atom. The third-order valence-electron chi connectivity index (χ3n) is 14.7. The number of esters is 4. The maximum absolute atomic E-state index is 13.0. The van der Waals surface area contributed by atoms with Crippen molar-refractivity contribution in [3.63, 3.8) is 0 Å². The monoisotopic (exact) mass is 1390 g/mol. The van der Waals surface area contributed by atoms with Crippen LogP contribution in [-0.2, 0) is 65.4 Å². The van der Waals surface area contributed by atoms with E-state index in [-0.39, 0.29) is 25.7 Å². The highest BCUT2D eigenvalue weighted by molar-refractivity contribution is 7.47. The summed E-state index contributed by atoms with van der Waals surface area (Å²) in [6, 6.07) is 0. The summed E-state index contributed by atoms with van der Waals surface area (Å²) in [6.45, 7) is 4.41. The molecule has 0 rings (SSSR count). The Balaban J connectivity index is 5.42. The van der Waals surface area contributed by atoms with Gasteiger partial charge in [-0.3, -0.25) is 37.3 Å². The van der Waals surface area contributed by atoms with Crippen molar-refractivity contribution in [1.29, 1.82) is 0 Å². The van der Waals surface area contributed by atoms with E-state index in [1.807, 2.05) is 36.5 Å². The molecule has 96 heavy (non-hydrogen) atoms. The number of phosphoric acid groups is 2. The lowest BCUT2D eigenvalue weighted by Gasteiger charge is -2.21. The van der Waals surface area contributed by atoms with E-state index < -0.39 is 97.5 Å². The summed E-state index contributed by atoms with van der Waals surface area (Å²) in [4.78, 5) is 72.5. The van der Waals surface area contributed by atoms with Gasteiger partial charge in [-0.15, -0.1) is 0 Å². The van der Waals surface area contributed by atoms with Crippen LogP contribution in [0.25, 0.3) is 0 Å². The van der Waals surface area contributed by atoms with Crippen LogP contribution < -0.4 is 0 Å². The van der Waals surface area contributed by atoms with E-state index in [1.54, 1.807) is 6.08 Å². The second-order valence-electron chi connectivity index (χ2n) is 23.8. The number of hydrogen-bond acceptors (Lipinski definition) is 15. The molecule has 0 amide bonds. The number of carbonyl (C=O) groups excluding carboxylic acids is 4. The molecule has 0 aromatic carbocycles. The van der Waals surface area contributed by atoms with Crippen molar-refractivity contribution in [1.82, 2.24) is 0 Å². The summed E-state index contributed by atoms with van der Waals surface area (Å²) in [6.07, 6.45) is 75.1. The van der Waals surface area contributed by atoms with E-state index in [9.17, 15) is 43.2 Å². The lowest BCUT2D eigenvalue weighted by Crippen LogP contribution is -2.30. The Hall–Kier alpha value is -4.80. The van der Waals surface area contributed by atoms with Crippen molar-refractivity contribution < 1.29 is 80.2 Å². The van der Waals surface area contributed by atoms with Crippen molar-refractivity contribution >= 4 is 39.5 Å². The van der Waals surface area contributed by atoms with Gasteiger partial charge < -0.3 is 33.8 Å². The molecule has 3 N–H and O–H groups in total. The fourth-order valence-electron chi connectivity index (χ4n) is 9.20. The third-order valence-corrected chi connectivity index (χ3v) is 16.6. The van der Waals surface area contributed by atoms with Crippen LogP contribution in [0.2, 0.25) is 0 Å². The van der Waals surface area contributed by atoms with E-state index in [4.69, 9.17) is 37.0 Å². The van der Waals surface area contributed by atoms with Gasteiger partial charge in [0.25, 0.3) is 0 Å². The smallest absolute Gasteiger partial charge is 0.462 e. The summed E-state index contributed by atoms with van der Waals surface area (Å²) in [5.74, 6) is -2.42. The molecule has 0 radical (unpaired) electrons. The van der Waals surface area contributed by atoms with Gasteiger partial charge in [-0.1, -0.05) is 290 Å². The summed E-state index contributed by atoms with van der Waals surface area (Å²) in [7, 11) is -9.98. The number of aliphatic hydroxyl groups excluding tert-OH is 1. The third kappa shape index (κ3) is 67.8. The first-order valence-corrected chi connectivity index (χ1v) is 39.4. The molecular formula is C77H128O17P2. The molecule has 17 nitrogen and oxygen atoms in total. The molecule has 0 bridgehead atoms. The molecule has 0 fully saturated rings. The molecule has 0 aliphatic rings. The molecule has 0 aromatic rings. The van der Waals surface area contributed by atoms with Gasteiger partial charge in [0.2, 0.25) is 0 Å². The molecule has 19 heteroatoms. The van der Waals surface area contributed by atoms with Crippen LogP contribution in [0.5, 0.6) is 0 Å². The number of carbonyl (C=O) groups is 4. The highest BCUT2D eigenvalue weighted by Gasteiger charge is 2.30. The second kappa shape index (κ2) is 68.7. The van der Waals surface area contributed by atoms with Crippen LogP contribution in [0.3, 0.4) is 0 Å². The van der Waals surface area contributed by atoms with Gasteiger partial charge in [0.1, 0.15) is 19.3 Å². The lowest BCUT2D eigenvalue weighted by molar-refractivity contribution is -0.161. The molecule has 5 unspecified atom stereocenters. The molecule has 0 saturated heterocycles. The summed E-state index contributed by atoms with van der Waals surface area (Å²) in [5.41, 5.74) is 0. The molecule has 5 atom stereocenters. The SMILES string of the molecule is CC/C=C\C/C=C\C/C=C\C/C=C\C/C=C\C/C=C\CCC(=O)OCC(COP(=O)(O)OCC(O)COP(=O)(O)OCC(COC(=O)C/C=C\C/C=C\C/C=C\C/C=C\C/C=C\CC)OC(=O)CCCCCCCCCCCCC)OC(=O)CCCCCCCCCCCCC. The van der Waals surface area contributed by atoms with Crippen LogP contribution in [0.15, 0.2) is 134 Å². The van der Waals surface area contributed by atoms with Crippen molar-refractivity contribution in [2.45, 2.75) is 290 Å². The normalized spacial score (nSPS) is 14.8. The topological polar surface area (TPSA) is 237 Å². The number of ether oxygens (including phenoxy) is 4. The molecule has 0 aliphatic carbocycles. The van der Waals surface area contributed by atoms with Crippen molar-refractivity contribution in [3.8, 4) is 0 Å². The minimum Gasteiger partial charge on any atom is -0.462 e. The molecule has 0 aliphatic heterocycles. The summed E-state index contributed by atoms with van der Waals surface area (Å²) >= 11 is 0. The summed E-state index contributed by atoms with van der Waals surface area (Å²) in [5, 5.41) is 10.6. The van der Waals surface area contributed by atoms with Gasteiger partial charge in [-0.05, 0) is 89.9 Å². The first kappa shape index (κ1) is 91.2. The molecule has 0 saturated carbocycles. The molecule has 548 valence electrons. The van der Waals surface area contributed by atoms with Crippen LogP contribution >= 0.6 is 15.6 Å². The molecule has 0 aromatic heterocycles. The largest absolute Gasteiger partial charge is 0.472 e. The van der Waals surface area contributed by atoms with E-state index in [0.29, 0.717) is 32.1 Å². The van der Waals surface area contributed by atoms with Crippen LogP contribution in [0, 0.1) is 0 Å². The standard InChI is InChI=1S/C77H128O17P2/c1-5-9-13-17-21-25-29-31-33-34-35-36-38-40-44-46-50-54-58-62-75(80)88-68-73(94-77(82)64-60-56-52-48-42-28-24-20-16-12-8-4)70-92-96(85,86)90-66-71(78)65-89-95(83,84)91-69-72(93-76(81)63-59-55-51-47-41-27-23-19-15-11-7-3)67-87-74(79)61-57-53-49-45-43-39-37-32-30-26-22-18-14-10-6-2/h9-10,13-14,21-22,25-26,31-33,35-37,40,43-45,50,53-54,57,71-73,78H,5-8,11-12,15-20,23-24,27-30,34,38-39,41-42,46-49,51-52,55-56,58-70H2,1-4H3,(H,83,84)(H,85,86)/b13-9-,14-10-,25-21-,26-22-,33-31-,36-35-,37-32-,44-40-,45-43-,54-50-,57-53-. The predicted octanol–water partition coefficient (Wildman–Crippen LogP) is 20.5. The average Bonchev–Trinajstić information content (AvgIpc) is 1.15. The summed E-state index contributed by atoms with van der Waals surface area (Å²) < 4.78 is 68.1. The van der Waals surface area contributed by atoms with Crippen molar-refractivity contribution in [3.05, 3.63) is 134 Å². The Morgan fingerprint density at radius 1 is 0.312 bits per heavy atom. The molecule has 0 spiro atoms. The van der Waals surface area contributed by atoms with Gasteiger partial charge in [-0.2, -0.15) is 0 Å². The zero-order valence-electron chi connectivity index (χ0n) is 59.5. The number of hydrogen-bond donors (Lipinski definition) is 3. The van der Waals surface area contributed by atoms with Crippen molar-refractivity contribution in [2.75, 3.05) is 39.6 Å². The Labute approximate surface area is 580 Å². The number of phosphoric ester groups is 2. The van der Waals surface area contributed by atoms with E-state index in [1.165, 1.54) is 77.0 Å². The van der Waals surface area contributed by atoms with Gasteiger partial charge >= 0.3 is 39.5 Å². The van der Waals surface area contributed by atoms with Gasteiger partial charge in [-0.25, -0.2) is 9.13 Å². The number of rotatable bonds is 67. The first-order valence-electron chi connectivity index (χ1n) is 36.4. The van der Waals surface area contributed by atoms with Gasteiger partial charge in [0.05, 0.1) is 32.8 Å². The Kier molecular flexibility index (Phi) is 65.3. The Bertz CT molecular complexity index is 2350. The Morgan fingerprint density at radius 2 is 0.583 bits per heavy atom. The van der Waals surface area contributed by atoms with Crippen molar-refractivity contribution in [2.24, 2.45) is 0 Å². The van der Waals surface area contributed by atoms with Crippen LogP contribution in [-0.4, -0.2) is 96.7 Å². The second-order valence-corrected chi connectivity index (χ2v) is 26.7. The molecule has 0 heterocycles. The highest BCUT2D eigenvalue weighted by atomic mass is 31.2. The minimum absolute atomic E-state index is 0.0335. The highest BCUT2D eigenvalue weighted by Crippen LogP contribution is 2.45. The maximum atomic E-state index is 13.0. The van der Waals surface area contributed by atoms with Gasteiger partial charge in [0.15, 0.2) is 12.2 Å². The number of unbranched alkanes of at least 4 members (excludes halogenated alkanes) is 20. The number of aliphatic hydroxyl groups is 1. The van der Waals surface area contributed by atoms with Crippen LogP contribution in [0.4, 0.5) is 0 Å². The van der Waals surface area contributed by atoms with Gasteiger partial charge in [0, 0.05) is 19.3 Å². The number of allylic oxidation sites excluding steroid dienone is 21. The lowest BCUT2D eigenvalue weighted by atomic mass is 10.1. The average molecular weight is 1390 g/mol.